The van der Waals surface area contributed by atoms with Gasteiger partial charge in [0.05, 0.1) is 27.9 Å². The normalized spacial score (nSPS) is 15.3. The van der Waals surface area contributed by atoms with Gasteiger partial charge in [0.1, 0.15) is 5.82 Å². The van der Waals surface area contributed by atoms with Crippen molar-refractivity contribution in [3.05, 3.63) is 65.0 Å². The number of nitrogens with zero attached hydrogens (tertiary/aromatic N) is 6. The maximum absolute atomic E-state index is 6.52. The summed E-state index contributed by atoms with van der Waals surface area (Å²) in [5, 5.41) is 4.53. The van der Waals surface area contributed by atoms with Gasteiger partial charge in [0.15, 0.2) is 5.65 Å². The summed E-state index contributed by atoms with van der Waals surface area (Å²) in [6.07, 6.45) is 5.71. The van der Waals surface area contributed by atoms with E-state index >= 15 is 0 Å². The number of nitrogen functional groups attached to an aromatic ring is 1. The number of pyridine rings is 1. The van der Waals surface area contributed by atoms with Gasteiger partial charge in [-0.05, 0) is 55.6 Å². The number of hydrogen-bond acceptors (Lipinski definition) is 5. The quantitative estimate of drug-likeness (QED) is 0.265. The highest BCUT2D eigenvalue weighted by atomic mass is 79.9. The third kappa shape index (κ3) is 4.67. The molecule has 1 fully saturated rings. The molecule has 0 bridgehead atoms. The highest BCUT2D eigenvalue weighted by Crippen LogP contribution is 2.37. The average Bonchev–Trinajstić information content (AvgIpc) is 3.31. The van der Waals surface area contributed by atoms with E-state index in [0.29, 0.717) is 17.8 Å². The molecular formula is C27H30BrN7. The molecular weight excluding hydrogens is 502 g/mol. The van der Waals surface area contributed by atoms with Gasteiger partial charge in [0.25, 0.3) is 0 Å². The van der Waals surface area contributed by atoms with Crippen molar-refractivity contribution in [1.82, 2.24) is 24.5 Å². The van der Waals surface area contributed by atoms with E-state index in [1.807, 2.05) is 36.7 Å². The summed E-state index contributed by atoms with van der Waals surface area (Å²) in [7, 11) is 0. The van der Waals surface area contributed by atoms with E-state index in [0.717, 1.165) is 70.0 Å². The molecule has 8 heteroatoms. The molecule has 180 valence electrons. The van der Waals surface area contributed by atoms with Gasteiger partial charge in [-0.15, -0.1) is 0 Å². The summed E-state index contributed by atoms with van der Waals surface area (Å²) in [6.45, 7) is 8.26. The highest BCUT2D eigenvalue weighted by Gasteiger charge is 2.27. The van der Waals surface area contributed by atoms with Crippen molar-refractivity contribution >= 4 is 33.2 Å². The molecule has 4 aromatic rings. The van der Waals surface area contributed by atoms with Crippen LogP contribution in [0.3, 0.4) is 0 Å². The molecule has 4 heterocycles. The first-order chi connectivity index (χ1) is 16.9. The first-order valence-corrected chi connectivity index (χ1v) is 12.9. The number of piperidine rings is 1. The zero-order valence-electron chi connectivity index (χ0n) is 20.3. The Hall–Kier alpha value is -3.26. The Morgan fingerprint density at radius 2 is 1.80 bits per heavy atom. The summed E-state index contributed by atoms with van der Waals surface area (Å²) >= 11 is 3.72. The first kappa shape index (κ1) is 23.5. The lowest BCUT2D eigenvalue weighted by atomic mass is 9.93. The Morgan fingerprint density at radius 1 is 1.06 bits per heavy atom. The predicted molar refractivity (Wildman–Crippen MR) is 146 cm³/mol. The monoisotopic (exact) mass is 531 g/mol. The first-order valence-electron chi connectivity index (χ1n) is 12.1. The van der Waals surface area contributed by atoms with Crippen LogP contribution in [0.4, 0.5) is 5.82 Å². The van der Waals surface area contributed by atoms with Crippen molar-refractivity contribution < 1.29 is 0 Å². The minimum Gasteiger partial charge on any atom is -0.383 e. The van der Waals surface area contributed by atoms with Crippen LogP contribution in [0.2, 0.25) is 0 Å². The van der Waals surface area contributed by atoms with Crippen LogP contribution in [-0.4, -0.2) is 49.4 Å². The molecule has 5 rings (SSSR count). The molecule has 1 aliphatic rings. The van der Waals surface area contributed by atoms with Crippen molar-refractivity contribution in [1.29, 1.82) is 0 Å². The standard InChI is InChI=1S/C27H30BrN7/c1-17(2)32-18(3)34-13-11-20(12-14-34)25-24(28)26(29)35-27(33-25)22(16-31-35)21-9-10-23(30-15-21)19-7-5-4-6-8-19/h4-10,15-17,20H,11-14,29H2,1-3H3. The van der Waals surface area contributed by atoms with Crippen LogP contribution in [0.1, 0.15) is 45.2 Å². The second kappa shape index (κ2) is 9.77. The topological polar surface area (TPSA) is 84.7 Å². The van der Waals surface area contributed by atoms with E-state index in [1.54, 1.807) is 4.52 Å². The number of halogens is 1. The third-order valence-electron chi connectivity index (χ3n) is 6.58. The number of hydrogen-bond donors (Lipinski definition) is 1. The zero-order valence-corrected chi connectivity index (χ0v) is 21.9. The summed E-state index contributed by atoms with van der Waals surface area (Å²) in [5.41, 5.74) is 12.2. The molecule has 0 saturated carbocycles. The predicted octanol–water partition coefficient (Wildman–Crippen LogP) is 5.81. The fourth-order valence-electron chi connectivity index (χ4n) is 4.75. The minimum absolute atomic E-state index is 0.308. The molecule has 2 N–H and O–H groups in total. The molecule has 35 heavy (non-hydrogen) atoms. The minimum atomic E-state index is 0.308. The molecule has 0 radical (unpaired) electrons. The van der Waals surface area contributed by atoms with Gasteiger partial charge in [-0.1, -0.05) is 36.4 Å². The molecule has 0 spiro atoms. The van der Waals surface area contributed by atoms with E-state index < -0.39 is 0 Å². The van der Waals surface area contributed by atoms with E-state index in [1.165, 1.54) is 0 Å². The highest BCUT2D eigenvalue weighted by molar-refractivity contribution is 9.10. The van der Waals surface area contributed by atoms with Gasteiger partial charge in [-0.2, -0.15) is 9.61 Å². The number of aliphatic imine (C=N–C) groups is 1. The van der Waals surface area contributed by atoms with Crippen LogP contribution in [-0.2, 0) is 0 Å². The van der Waals surface area contributed by atoms with Crippen molar-refractivity contribution in [3.8, 4) is 22.4 Å². The third-order valence-corrected chi connectivity index (χ3v) is 7.39. The molecule has 1 aliphatic heterocycles. The van der Waals surface area contributed by atoms with Crippen LogP contribution in [0.25, 0.3) is 28.0 Å². The summed E-state index contributed by atoms with van der Waals surface area (Å²) < 4.78 is 2.55. The molecule has 0 unspecified atom stereocenters. The lowest BCUT2D eigenvalue weighted by Gasteiger charge is -2.33. The Bertz CT molecular complexity index is 1350. The maximum atomic E-state index is 6.52. The lowest BCUT2D eigenvalue weighted by molar-refractivity contribution is 0.307. The number of benzene rings is 1. The smallest absolute Gasteiger partial charge is 0.165 e. The van der Waals surface area contributed by atoms with Crippen LogP contribution in [0.5, 0.6) is 0 Å². The van der Waals surface area contributed by atoms with Gasteiger partial charge in [-0.3, -0.25) is 9.98 Å². The van der Waals surface area contributed by atoms with Crippen LogP contribution in [0.15, 0.2) is 64.3 Å². The average molecular weight is 532 g/mol. The lowest BCUT2D eigenvalue weighted by Crippen LogP contribution is -2.37. The van der Waals surface area contributed by atoms with Crippen LogP contribution < -0.4 is 5.73 Å². The molecule has 1 saturated heterocycles. The zero-order chi connectivity index (χ0) is 24.5. The molecule has 0 amide bonds. The van der Waals surface area contributed by atoms with Crippen molar-refractivity contribution in [2.45, 2.75) is 45.6 Å². The Kier molecular flexibility index (Phi) is 6.56. The molecule has 0 aliphatic carbocycles. The number of rotatable bonds is 4. The van der Waals surface area contributed by atoms with E-state index in [-0.39, 0.29) is 0 Å². The SMILES string of the molecule is CC(=NC(C)C)N1CCC(c2nc3c(-c4ccc(-c5ccccc5)nc4)cnn3c(N)c2Br)CC1. The largest absolute Gasteiger partial charge is 0.383 e. The van der Waals surface area contributed by atoms with Gasteiger partial charge in [-0.25, -0.2) is 4.98 Å². The number of amidine groups is 1. The molecule has 3 aromatic heterocycles. The number of aromatic nitrogens is 4. The molecule has 7 nitrogen and oxygen atoms in total. The van der Waals surface area contributed by atoms with Crippen molar-refractivity contribution in [2.24, 2.45) is 4.99 Å². The van der Waals surface area contributed by atoms with Gasteiger partial charge >= 0.3 is 0 Å². The molecule has 1 aromatic carbocycles. The second-order valence-corrected chi connectivity index (χ2v) is 10.1. The summed E-state index contributed by atoms with van der Waals surface area (Å²) in [6, 6.07) is 14.6. The number of nitrogens with two attached hydrogens (primary N) is 1. The Labute approximate surface area is 214 Å². The van der Waals surface area contributed by atoms with Gasteiger partial charge in [0.2, 0.25) is 0 Å². The van der Waals surface area contributed by atoms with Crippen molar-refractivity contribution in [2.75, 3.05) is 18.8 Å². The van der Waals surface area contributed by atoms with Crippen LogP contribution in [0, 0.1) is 0 Å². The van der Waals surface area contributed by atoms with Crippen molar-refractivity contribution in [3.63, 3.8) is 0 Å². The fourth-order valence-corrected chi connectivity index (χ4v) is 5.33. The number of fused-ring (bicyclic) bond motifs is 1. The van der Waals surface area contributed by atoms with Gasteiger partial charge < -0.3 is 10.6 Å². The second-order valence-electron chi connectivity index (χ2n) is 9.32. The van der Waals surface area contributed by atoms with E-state index in [9.17, 15) is 0 Å². The van der Waals surface area contributed by atoms with Gasteiger partial charge in [0, 0.05) is 47.9 Å². The summed E-state index contributed by atoms with van der Waals surface area (Å²) in [5.74, 6) is 2.01. The molecule has 0 atom stereocenters. The Balaban J connectivity index is 1.44. The fraction of sp³-hybridized carbons (Fsp3) is 0.333. The summed E-state index contributed by atoms with van der Waals surface area (Å²) in [4.78, 5) is 16.9. The Morgan fingerprint density at radius 3 is 2.46 bits per heavy atom. The van der Waals surface area contributed by atoms with E-state index in [4.69, 9.17) is 15.7 Å². The number of likely N-dealkylation sites (tertiary alicyclic amines) is 1. The number of anilines is 1. The van der Waals surface area contributed by atoms with E-state index in [2.05, 4.69) is 69.9 Å². The van der Waals surface area contributed by atoms with Crippen LogP contribution >= 0.6 is 15.9 Å². The maximum Gasteiger partial charge on any atom is 0.165 e.